The molecule has 6 nitrogen and oxygen atoms in total. The third kappa shape index (κ3) is 6.84. The second-order valence-electron chi connectivity index (χ2n) is 10.8. The van der Waals surface area contributed by atoms with Gasteiger partial charge in [-0.2, -0.15) is 0 Å². The first-order chi connectivity index (χ1) is 19.7. The number of ether oxygens (including phenoxy) is 3. The number of hydrogen-bond acceptors (Lipinski definition) is 7. The average Bonchev–Trinajstić information content (AvgIpc) is 2.98. The maximum atomic E-state index is 13.1. The minimum Gasteiger partial charge on any atom is -0.469 e. The molecule has 0 aliphatic carbocycles. The first-order valence-electron chi connectivity index (χ1n) is 14.1. The molecule has 1 fully saturated rings. The van der Waals surface area contributed by atoms with Crippen molar-refractivity contribution < 1.29 is 28.6 Å². The summed E-state index contributed by atoms with van der Waals surface area (Å²) in [5.41, 5.74) is 2.12. The van der Waals surface area contributed by atoms with Gasteiger partial charge in [-0.1, -0.05) is 104 Å². The van der Waals surface area contributed by atoms with Gasteiger partial charge >= 0.3 is 17.9 Å². The van der Waals surface area contributed by atoms with Crippen LogP contribution in [0.15, 0.2) is 91.0 Å². The van der Waals surface area contributed by atoms with Gasteiger partial charge in [-0.15, -0.1) is 11.8 Å². The van der Waals surface area contributed by atoms with Gasteiger partial charge in [-0.05, 0) is 41.7 Å². The number of hydrogen-bond donors (Lipinski definition) is 0. The number of carbonyl (C=O) groups is 3. The smallest absolute Gasteiger partial charge is 0.326 e. The number of benzene rings is 3. The van der Waals surface area contributed by atoms with Crippen molar-refractivity contribution in [3.8, 4) is 0 Å². The number of carbonyl (C=O) groups excluding carboxylic acids is 3. The number of unbranched alkanes of at least 4 members (excludes halogenated alkanes) is 2. The van der Waals surface area contributed by atoms with Crippen LogP contribution in [0.2, 0.25) is 0 Å². The van der Waals surface area contributed by atoms with E-state index in [0.717, 1.165) is 18.6 Å². The fraction of sp³-hybridized carbons (Fsp3) is 0.382. The lowest BCUT2D eigenvalue weighted by atomic mass is 9.77. The van der Waals surface area contributed by atoms with E-state index in [1.807, 2.05) is 30.0 Å². The summed E-state index contributed by atoms with van der Waals surface area (Å²) in [6, 6.07) is 31.7. The van der Waals surface area contributed by atoms with Crippen LogP contribution in [0.4, 0.5) is 0 Å². The van der Waals surface area contributed by atoms with E-state index in [2.05, 4.69) is 72.8 Å². The lowest BCUT2D eigenvalue weighted by Crippen LogP contribution is -2.54. The fourth-order valence-corrected chi connectivity index (χ4v) is 6.96. The molecule has 0 N–H and O–H groups in total. The Morgan fingerprint density at radius 1 is 0.732 bits per heavy atom. The Morgan fingerprint density at radius 2 is 1.20 bits per heavy atom. The van der Waals surface area contributed by atoms with Gasteiger partial charge < -0.3 is 14.2 Å². The molecule has 0 radical (unpaired) electrons. The Labute approximate surface area is 246 Å². The predicted molar refractivity (Wildman–Crippen MR) is 160 cm³/mol. The van der Waals surface area contributed by atoms with E-state index in [4.69, 9.17) is 14.2 Å². The summed E-state index contributed by atoms with van der Waals surface area (Å²) in [4.78, 5) is 38.0. The summed E-state index contributed by atoms with van der Waals surface area (Å²) in [6.45, 7) is 3.06. The highest BCUT2D eigenvalue weighted by Gasteiger charge is 2.55. The molecular weight excluding hydrogens is 536 g/mol. The van der Waals surface area contributed by atoms with Crippen molar-refractivity contribution in [1.82, 2.24) is 0 Å². The third-order valence-corrected chi connectivity index (χ3v) is 9.18. The zero-order chi connectivity index (χ0) is 29.3. The molecule has 216 valence electrons. The summed E-state index contributed by atoms with van der Waals surface area (Å²) >= 11 is 1.89. The highest BCUT2D eigenvalue weighted by molar-refractivity contribution is 8.00. The van der Waals surface area contributed by atoms with Crippen LogP contribution in [0.5, 0.6) is 0 Å². The van der Waals surface area contributed by atoms with E-state index < -0.39 is 33.9 Å². The maximum Gasteiger partial charge on any atom is 0.326 e. The van der Waals surface area contributed by atoms with E-state index in [1.165, 1.54) is 37.6 Å². The molecule has 4 rings (SSSR count). The van der Waals surface area contributed by atoms with Gasteiger partial charge in [-0.25, -0.2) is 0 Å². The number of rotatable bonds is 13. The standard InChI is InChI=1S/C34H38O6S/c1-32(2)39-30(36)33(31(37)40-32,24-22-29(35)38-3)23-14-7-15-25-41-34(26-16-8-4-9-17-26,27-18-10-5-11-19-27)28-20-12-6-13-21-28/h4-6,8-13,16-21H,7,14-15,22-25H2,1-3H3. The van der Waals surface area contributed by atoms with Crippen LogP contribution in [0.25, 0.3) is 0 Å². The van der Waals surface area contributed by atoms with E-state index >= 15 is 0 Å². The van der Waals surface area contributed by atoms with Gasteiger partial charge in [0.25, 0.3) is 5.79 Å². The molecule has 0 saturated carbocycles. The average molecular weight is 575 g/mol. The first-order valence-corrected chi connectivity index (χ1v) is 15.1. The molecule has 7 heteroatoms. The van der Waals surface area contributed by atoms with Crippen molar-refractivity contribution in [2.75, 3.05) is 12.9 Å². The largest absolute Gasteiger partial charge is 0.469 e. The van der Waals surface area contributed by atoms with Crippen molar-refractivity contribution >= 4 is 29.7 Å². The number of thioether (sulfide) groups is 1. The van der Waals surface area contributed by atoms with Crippen molar-refractivity contribution in [2.24, 2.45) is 5.41 Å². The van der Waals surface area contributed by atoms with Crippen LogP contribution in [0.1, 0.15) is 69.1 Å². The lowest BCUT2D eigenvalue weighted by Gasteiger charge is -2.40. The molecule has 0 amide bonds. The molecule has 1 heterocycles. The van der Waals surface area contributed by atoms with E-state index in [-0.39, 0.29) is 19.3 Å². The summed E-state index contributed by atoms with van der Waals surface area (Å²) in [5, 5.41) is 0. The zero-order valence-corrected chi connectivity index (χ0v) is 24.8. The summed E-state index contributed by atoms with van der Waals surface area (Å²) in [7, 11) is 1.29. The van der Waals surface area contributed by atoms with Crippen LogP contribution < -0.4 is 0 Å². The topological polar surface area (TPSA) is 78.9 Å². The number of cyclic esters (lactones) is 2. The van der Waals surface area contributed by atoms with Crippen molar-refractivity contribution in [3.63, 3.8) is 0 Å². The Bertz CT molecular complexity index is 1190. The Hall–Kier alpha value is -3.58. The number of methoxy groups -OCH3 is 1. The molecule has 0 spiro atoms. The Kier molecular flexibility index (Phi) is 9.92. The molecule has 41 heavy (non-hydrogen) atoms. The van der Waals surface area contributed by atoms with E-state index in [9.17, 15) is 14.4 Å². The molecule has 0 unspecified atom stereocenters. The second kappa shape index (κ2) is 13.4. The molecule has 1 aliphatic rings. The molecule has 0 aromatic heterocycles. The molecule has 1 saturated heterocycles. The van der Waals surface area contributed by atoms with Gasteiger partial charge in [0, 0.05) is 20.3 Å². The van der Waals surface area contributed by atoms with Gasteiger partial charge in [0.15, 0.2) is 5.41 Å². The van der Waals surface area contributed by atoms with Gasteiger partial charge in [-0.3, -0.25) is 14.4 Å². The van der Waals surface area contributed by atoms with Gasteiger partial charge in [0.2, 0.25) is 0 Å². The molecule has 0 atom stereocenters. The first kappa shape index (κ1) is 30.4. The molecule has 0 bridgehead atoms. The van der Waals surface area contributed by atoms with Gasteiger partial charge in [0.1, 0.15) is 0 Å². The lowest BCUT2D eigenvalue weighted by molar-refractivity contribution is -0.252. The molecular formula is C34H38O6S. The summed E-state index contributed by atoms with van der Waals surface area (Å²) in [5.74, 6) is -2.21. The highest BCUT2D eigenvalue weighted by atomic mass is 32.2. The van der Waals surface area contributed by atoms with Crippen LogP contribution in [-0.4, -0.2) is 36.6 Å². The monoisotopic (exact) mass is 574 g/mol. The van der Waals surface area contributed by atoms with Crippen molar-refractivity contribution in [1.29, 1.82) is 0 Å². The van der Waals surface area contributed by atoms with Crippen molar-refractivity contribution in [3.05, 3.63) is 108 Å². The zero-order valence-electron chi connectivity index (χ0n) is 24.0. The van der Waals surface area contributed by atoms with Gasteiger partial charge in [0.05, 0.1) is 11.9 Å². The van der Waals surface area contributed by atoms with Crippen LogP contribution >= 0.6 is 11.8 Å². The normalized spacial score (nSPS) is 16.0. The summed E-state index contributed by atoms with van der Waals surface area (Å²) < 4.78 is 15.3. The van der Waals surface area contributed by atoms with Crippen LogP contribution in [0.3, 0.4) is 0 Å². The molecule has 3 aromatic rings. The van der Waals surface area contributed by atoms with Crippen LogP contribution in [0, 0.1) is 5.41 Å². The quantitative estimate of drug-likeness (QED) is 0.0937. The van der Waals surface area contributed by atoms with E-state index in [1.54, 1.807) is 0 Å². The Morgan fingerprint density at radius 3 is 1.63 bits per heavy atom. The van der Waals surface area contributed by atoms with E-state index in [0.29, 0.717) is 6.42 Å². The van der Waals surface area contributed by atoms with Crippen LogP contribution in [-0.2, 0) is 33.3 Å². The maximum absolute atomic E-state index is 13.1. The SMILES string of the molecule is COC(=O)CCC1(CCCCCSC(c2ccccc2)(c2ccccc2)c2ccccc2)C(=O)OC(C)(C)OC1=O. The Balaban J connectivity index is 1.49. The second-order valence-corrected chi connectivity index (χ2v) is 12.1. The molecule has 1 aliphatic heterocycles. The van der Waals surface area contributed by atoms with Crippen molar-refractivity contribution in [2.45, 2.75) is 62.9 Å². The fourth-order valence-electron chi connectivity index (χ4n) is 5.40. The molecule has 3 aromatic carbocycles. The highest BCUT2D eigenvalue weighted by Crippen LogP contribution is 2.49. The third-order valence-electron chi connectivity index (χ3n) is 7.55. The minimum absolute atomic E-state index is 0.00129. The minimum atomic E-state index is -1.50. The number of esters is 3. The summed E-state index contributed by atoms with van der Waals surface area (Å²) in [6.07, 6.45) is 2.48. The predicted octanol–water partition coefficient (Wildman–Crippen LogP) is 7.05.